The summed E-state index contributed by atoms with van der Waals surface area (Å²) in [6.45, 7) is 1.01. The molecule has 2 aromatic rings. The predicted octanol–water partition coefficient (Wildman–Crippen LogP) is 2.40. The number of nitrogens with one attached hydrogen (secondary N) is 2. The molecule has 0 radical (unpaired) electrons. The summed E-state index contributed by atoms with van der Waals surface area (Å²) in [5.74, 6) is 0.415. The van der Waals surface area contributed by atoms with Crippen molar-refractivity contribution in [3.05, 3.63) is 66.0 Å². The normalized spacial score (nSPS) is 12.0. The van der Waals surface area contributed by atoms with Gasteiger partial charge in [-0.15, -0.1) is 0 Å². The Morgan fingerprint density at radius 2 is 1.65 bits per heavy atom. The van der Waals surface area contributed by atoms with Gasteiger partial charge in [-0.1, -0.05) is 36.4 Å². The van der Waals surface area contributed by atoms with Crippen LogP contribution in [0.1, 0.15) is 12.0 Å². The summed E-state index contributed by atoms with van der Waals surface area (Å²) < 4.78 is 38.0. The molecule has 0 fully saturated rings. The van der Waals surface area contributed by atoms with E-state index in [0.29, 0.717) is 42.3 Å². The number of benzene rings is 2. The van der Waals surface area contributed by atoms with E-state index in [4.69, 9.17) is 0 Å². The van der Waals surface area contributed by atoms with Crippen molar-refractivity contribution in [1.29, 1.82) is 0 Å². The molecule has 0 amide bonds. The van der Waals surface area contributed by atoms with E-state index in [-0.39, 0.29) is 11.6 Å². The molecule has 26 heavy (non-hydrogen) atoms. The fourth-order valence-electron chi connectivity index (χ4n) is 2.45. The maximum absolute atomic E-state index is 13.6. The van der Waals surface area contributed by atoms with Crippen molar-refractivity contribution in [1.82, 2.24) is 10.6 Å². The number of hydrogen-bond acceptors (Lipinski definition) is 3. The Bertz CT molecular complexity index is 824. The Morgan fingerprint density at radius 1 is 1.00 bits per heavy atom. The standard InChI is InChI=1S/C19H24FN3O2S/c1-21-19(23-14-12-16-8-5-6-11-18(16)20)22-13-7-15-26(24,25)17-9-3-2-4-10-17/h2-6,8-11H,7,12-15H2,1H3,(H2,21,22,23). The van der Waals surface area contributed by atoms with Crippen LogP contribution in [-0.2, 0) is 16.3 Å². The summed E-state index contributed by atoms with van der Waals surface area (Å²) in [4.78, 5) is 4.43. The zero-order valence-electron chi connectivity index (χ0n) is 14.8. The fraction of sp³-hybridized carbons (Fsp3) is 0.316. The van der Waals surface area contributed by atoms with Gasteiger partial charge in [0.1, 0.15) is 5.82 Å². The van der Waals surface area contributed by atoms with Crippen LogP contribution in [0.25, 0.3) is 0 Å². The molecule has 0 aliphatic carbocycles. The van der Waals surface area contributed by atoms with Gasteiger partial charge in [0.05, 0.1) is 10.6 Å². The average molecular weight is 377 g/mol. The first-order valence-corrected chi connectivity index (χ1v) is 10.1. The highest BCUT2D eigenvalue weighted by molar-refractivity contribution is 7.91. The molecule has 2 N–H and O–H groups in total. The van der Waals surface area contributed by atoms with Crippen LogP contribution in [0.3, 0.4) is 0 Å². The van der Waals surface area contributed by atoms with Gasteiger partial charge in [0, 0.05) is 20.1 Å². The molecular weight excluding hydrogens is 353 g/mol. The smallest absolute Gasteiger partial charge is 0.190 e. The third kappa shape index (κ3) is 6.15. The van der Waals surface area contributed by atoms with Crippen molar-refractivity contribution in [3.8, 4) is 0 Å². The van der Waals surface area contributed by atoms with Gasteiger partial charge in [-0.3, -0.25) is 4.99 Å². The van der Waals surface area contributed by atoms with Gasteiger partial charge < -0.3 is 10.6 Å². The SMILES string of the molecule is CN=C(NCCCS(=O)(=O)c1ccccc1)NCCc1ccccc1F. The highest BCUT2D eigenvalue weighted by Gasteiger charge is 2.13. The Hall–Kier alpha value is -2.41. The van der Waals surface area contributed by atoms with E-state index in [2.05, 4.69) is 15.6 Å². The molecule has 140 valence electrons. The van der Waals surface area contributed by atoms with Crippen molar-refractivity contribution >= 4 is 15.8 Å². The van der Waals surface area contributed by atoms with Crippen LogP contribution in [-0.4, -0.2) is 40.3 Å². The Kier molecular flexibility index (Phi) is 7.59. The third-order valence-corrected chi connectivity index (χ3v) is 5.67. The summed E-state index contributed by atoms with van der Waals surface area (Å²) in [5.41, 5.74) is 0.643. The van der Waals surface area contributed by atoms with E-state index < -0.39 is 9.84 Å². The van der Waals surface area contributed by atoms with Gasteiger partial charge in [0.15, 0.2) is 15.8 Å². The van der Waals surface area contributed by atoms with Crippen molar-refractivity contribution in [3.63, 3.8) is 0 Å². The molecule has 0 aliphatic heterocycles. The number of rotatable bonds is 8. The number of nitrogens with zero attached hydrogens (tertiary/aromatic N) is 1. The minimum atomic E-state index is -3.26. The van der Waals surface area contributed by atoms with E-state index in [9.17, 15) is 12.8 Å². The Balaban J connectivity index is 1.71. The lowest BCUT2D eigenvalue weighted by molar-refractivity contribution is 0.592. The number of sulfone groups is 1. The Morgan fingerprint density at radius 3 is 2.35 bits per heavy atom. The highest BCUT2D eigenvalue weighted by Crippen LogP contribution is 2.10. The topological polar surface area (TPSA) is 70.6 Å². The highest BCUT2D eigenvalue weighted by atomic mass is 32.2. The second-order valence-corrected chi connectivity index (χ2v) is 7.86. The molecule has 0 aliphatic rings. The average Bonchev–Trinajstić information content (AvgIpc) is 2.66. The van der Waals surface area contributed by atoms with Crippen LogP contribution in [0.15, 0.2) is 64.5 Å². The largest absolute Gasteiger partial charge is 0.356 e. The van der Waals surface area contributed by atoms with E-state index in [1.807, 2.05) is 0 Å². The summed E-state index contributed by atoms with van der Waals surface area (Å²) in [6, 6.07) is 15.1. The number of guanidine groups is 1. The molecular formula is C19H24FN3O2S. The molecule has 0 unspecified atom stereocenters. The summed E-state index contributed by atoms with van der Waals surface area (Å²) >= 11 is 0. The van der Waals surface area contributed by atoms with E-state index >= 15 is 0 Å². The molecule has 0 aromatic heterocycles. The maximum atomic E-state index is 13.6. The number of hydrogen-bond donors (Lipinski definition) is 2. The number of aliphatic imine (C=N–C) groups is 1. The minimum absolute atomic E-state index is 0.0657. The minimum Gasteiger partial charge on any atom is -0.356 e. The quantitative estimate of drug-likeness (QED) is 0.421. The van der Waals surface area contributed by atoms with Crippen molar-refractivity contribution in [2.45, 2.75) is 17.7 Å². The van der Waals surface area contributed by atoms with Crippen LogP contribution in [0.2, 0.25) is 0 Å². The predicted molar refractivity (Wildman–Crippen MR) is 103 cm³/mol. The van der Waals surface area contributed by atoms with Gasteiger partial charge in [-0.05, 0) is 36.6 Å². The lowest BCUT2D eigenvalue weighted by atomic mass is 10.1. The molecule has 0 saturated carbocycles. The first-order valence-electron chi connectivity index (χ1n) is 8.48. The van der Waals surface area contributed by atoms with E-state index in [1.54, 1.807) is 55.6 Å². The van der Waals surface area contributed by atoms with Gasteiger partial charge >= 0.3 is 0 Å². The Labute approximate surface area is 154 Å². The molecule has 0 bridgehead atoms. The monoisotopic (exact) mass is 377 g/mol. The first-order chi connectivity index (χ1) is 12.5. The van der Waals surface area contributed by atoms with Crippen LogP contribution >= 0.6 is 0 Å². The fourth-order valence-corrected chi connectivity index (χ4v) is 3.78. The maximum Gasteiger partial charge on any atom is 0.190 e. The van der Waals surface area contributed by atoms with Gasteiger partial charge in [-0.2, -0.15) is 0 Å². The summed E-state index contributed by atoms with van der Waals surface area (Å²) in [7, 11) is -1.63. The molecule has 0 heterocycles. The van der Waals surface area contributed by atoms with Crippen LogP contribution < -0.4 is 10.6 Å². The van der Waals surface area contributed by atoms with Crippen LogP contribution in [0, 0.1) is 5.82 Å². The second-order valence-electron chi connectivity index (χ2n) is 5.75. The first kappa shape index (κ1) is 19.9. The third-order valence-electron chi connectivity index (χ3n) is 3.85. The second kappa shape index (κ2) is 9.91. The van der Waals surface area contributed by atoms with Gasteiger partial charge in [0.2, 0.25) is 0 Å². The lowest BCUT2D eigenvalue weighted by Crippen LogP contribution is -2.39. The van der Waals surface area contributed by atoms with E-state index in [0.717, 1.165) is 0 Å². The van der Waals surface area contributed by atoms with Crippen LogP contribution in [0.5, 0.6) is 0 Å². The number of halogens is 1. The van der Waals surface area contributed by atoms with Gasteiger partial charge in [-0.25, -0.2) is 12.8 Å². The lowest BCUT2D eigenvalue weighted by Gasteiger charge is -2.12. The molecule has 2 rings (SSSR count). The zero-order valence-corrected chi connectivity index (χ0v) is 15.6. The van der Waals surface area contributed by atoms with Crippen molar-refractivity contribution < 1.29 is 12.8 Å². The van der Waals surface area contributed by atoms with Gasteiger partial charge in [0.25, 0.3) is 0 Å². The summed E-state index contributed by atoms with van der Waals surface area (Å²) in [5, 5.41) is 6.17. The van der Waals surface area contributed by atoms with Crippen LogP contribution in [0.4, 0.5) is 4.39 Å². The molecule has 7 heteroatoms. The molecule has 0 atom stereocenters. The molecule has 5 nitrogen and oxygen atoms in total. The van der Waals surface area contributed by atoms with Crippen molar-refractivity contribution in [2.75, 3.05) is 25.9 Å². The molecule has 0 saturated heterocycles. The zero-order chi connectivity index (χ0) is 18.8. The molecule has 2 aromatic carbocycles. The van der Waals surface area contributed by atoms with E-state index in [1.165, 1.54) is 6.07 Å². The molecule has 0 spiro atoms. The van der Waals surface area contributed by atoms with Crippen molar-refractivity contribution in [2.24, 2.45) is 4.99 Å². The summed E-state index contributed by atoms with van der Waals surface area (Å²) in [6.07, 6.45) is 1.00.